The average molecular weight is 331 g/mol. The molecule has 0 aliphatic heterocycles. The molecule has 1 aromatic rings. The Morgan fingerprint density at radius 1 is 1.17 bits per heavy atom. The number of hydrogen-bond acceptors (Lipinski definition) is 2. The van der Waals surface area contributed by atoms with Crippen molar-refractivity contribution >= 4 is 5.78 Å². The first-order valence-corrected chi connectivity index (χ1v) is 9.68. The summed E-state index contributed by atoms with van der Waals surface area (Å²) in [5.74, 6) is 1.31. The number of benzene rings is 1. The van der Waals surface area contributed by atoms with Crippen molar-refractivity contribution in [3.63, 3.8) is 0 Å². The van der Waals surface area contributed by atoms with Crippen molar-refractivity contribution in [2.75, 3.05) is 0 Å². The van der Waals surface area contributed by atoms with Crippen molar-refractivity contribution in [2.24, 2.45) is 5.92 Å². The summed E-state index contributed by atoms with van der Waals surface area (Å²) in [6.07, 6.45) is 8.49. The fourth-order valence-corrected chi connectivity index (χ4v) is 4.08. The van der Waals surface area contributed by atoms with E-state index >= 15 is 0 Å². The van der Waals surface area contributed by atoms with Crippen LogP contribution in [0.15, 0.2) is 18.2 Å². The summed E-state index contributed by atoms with van der Waals surface area (Å²) < 4.78 is 0. The van der Waals surface area contributed by atoms with Crippen LogP contribution in [0.4, 0.5) is 0 Å². The van der Waals surface area contributed by atoms with Crippen molar-refractivity contribution in [3.8, 4) is 5.75 Å². The van der Waals surface area contributed by atoms with Crippen LogP contribution in [0.3, 0.4) is 0 Å². The van der Waals surface area contributed by atoms with Gasteiger partial charge in [-0.25, -0.2) is 0 Å². The second kappa shape index (κ2) is 8.18. The Kier molecular flexibility index (Phi) is 6.48. The predicted molar refractivity (Wildman–Crippen MR) is 101 cm³/mol. The van der Waals surface area contributed by atoms with E-state index < -0.39 is 0 Å². The molecule has 24 heavy (non-hydrogen) atoms. The van der Waals surface area contributed by atoms with Crippen molar-refractivity contribution in [3.05, 3.63) is 29.3 Å². The topological polar surface area (TPSA) is 37.3 Å². The Hall–Kier alpha value is -1.31. The molecule has 2 atom stereocenters. The monoisotopic (exact) mass is 330 g/mol. The maximum absolute atomic E-state index is 11.9. The summed E-state index contributed by atoms with van der Waals surface area (Å²) in [6.45, 7) is 8.90. The maximum Gasteiger partial charge on any atom is 0.133 e. The lowest BCUT2D eigenvalue weighted by Crippen LogP contribution is -2.20. The van der Waals surface area contributed by atoms with Crippen LogP contribution >= 0.6 is 0 Å². The van der Waals surface area contributed by atoms with Crippen LogP contribution in [0.2, 0.25) is 0 Å². The fourth-order valence-electron chi connectivity index (χ4n) is 4.08. The molecule has 1 aliphatic carbocycles. The molecule has 0 radical (unpaired) electrons. The van der Waals surface area contributed by atoms with Crippen LogP contribution in [0.25, 0.3) is 0 Å². The standard InChI is InChI=1S/C22H34O2/c1-5-6-7-8-11-22(3,4)18-9-10-20(21(24)15-18)17-12-16(2)13-19(23)14-17/h9-10,15-17,24H,5-8,11-14H2,1-4H3/t16-,17+/m0/s1. The molecule has 0 unspecified atom stereocenters. The first-order valence-electron chi connectivity index (χ1n) is 9.68. The third-order valence-electron chi connectivity index (χ3n) is 5.64. The van der Waals surface area contributed by atoms with Crippen LogP contribution < -0.4 is 0 Å². The predicted octanol–water partition coefficient (Wildman–Crippen LogP) is 6.11. The summed E-state index contributed by atoms with van der Waals surface area (Å²) in [5.41, 5.74) is 2.25. The zero-order valence-electron chi connectivity index (χ0n) is 15.9. The van der Waals surface area contributed by atoms with Crippen LogP contribution in [0.1, 0.15) is 96.1 Å². The van der Waals surface area contributed by atoms with E-state index in [0.29, 0.717) is 30.3 Å². The van der Waals surface area contributed by atoms with Crippen molar-refractivity contribution in [2.45, 2.75) is 90.4 Å². The molecule has 2 rings (SSSR count). The maximum atomic E-state index is 11.9. The molecule has 0 bridgehead atoms. The number of Topliss-reactive ketones (excluding diaryl/α,β-unsaturated/α-hetero) is 1. The molecular formula is C22H34O2. The zero-order valence-corrected chi connectivity index (χ0v) is 15.9. The highest BCUT2D eigenvalue weighted by molar-refractivity contribution is 5.80. The largest absolute Gasteiger partial charge is 0.508 e. The van der Waals surface area contributed by atoms with Gasteiger partial charge in [0.15, 0.2) is 0 Å². The number of phenols is 1. The number of carbonyl (C=O) groups is 1. The van der Waals surface area contributed by atoms with E-state index in [1.54, 1.807) is 0 Å². The van der Waals surface area contributed by atoms with Crippen molar-refractivity contribution < 1.29 is 9.90 Å². The van der Waals surface area contributed by atoms with E-state index in [4.69, 9.17) is 0 Å². The van der Waals surface area contributed by atoms with Crippen LogP contribution in [-0.4, -0.2) is 10.9 Å². The lowest BCUT2D eigenvalue weighted by atomic mass is 9.75. The van der Waals surface area contributed by atoms with E-state index in [0.717, 1.165) is 18.4 Å². The van der Waals surface area contributed by atoms with Crippen molar-refractivity contribution in [1.82, 2.24) is 0 Å². The first-order chi connectivity index (χ1) is 11.3. The Morgan fingerprint density at radius 3 is 2.54 bits per heavy atom. The minimum atomic E-state index is 0.0828. The number of carbonyl (C=O) groups excluding carboxylic acids is 1. The number of ketones is 1. The Morgan fingerprint density at radius 2 is 1.92 bits per heavy atom. The molecular weight excluding hydrogens is 296 g/mol. The fraction of sp³-hybridized carbons (Fsp3) is 0.682. The number of phenolic OH excluding ortho intramolecular Hbond substituents is 1. The molecule has 1 aromatic carbocycles. The summed E-state index contributed by atoms with van der Waals surface area (Å²) in [5, 5.41) is 10.6. The molecule has 0 heterocycles. The van der Waals surface area contributed by atoms with Crippen LogP contribution in [0, 0.1) is 5.92 Å². The third-order valence-corrected chi connectivity index (χ3v) is 5.64. The normalized spacial score (nSPS) is 21.9. The van der Waals surface area contributed by atoms with E-state index in [9.17, 15) is 9.90 Å². The molecule has 0 saturated heterocycles. The van der Waals surface area contributed by atoms with Gasteiger partial charge in [-0.1, -0.05) is 65.5 Å². The minimum Gasteiger partial charge on any atom is -0.508 e. The molecule has 134 valence electrons. The van der Waals surface area contributed by atoms with Gasteiger partial charge in [-0.2, -0.15) is 0 Å². The molecule has 1 fully saturated rings. The average Bonchev–Trinajstić information content (AvgIpc) is 2.50. The Labute approximate surface area is 147 Å². The minimum absolute atomic E-state index is 0.0828. The summed E-state index contributed by atoms with van der Waals surface area (Å²) >= 11 is 0. The van der Waals surface area contributed by atoms with Crippen LogP contribution in [0.5, 0.6) is 5.75 Å². The first kappa shape index (κ1) is 19.0. The number of aromatic hydroxyl groups is 1. The van der Waals surface area contributed by atoms with Crippen LogP contribution in [-0.2, 0) is 10.2 Å². The number of rotatable bonds is 7. The number of hydrogen-bond donors (Lipinski definition) is 1. The highest BCUT2D eigenvalue weighted by Gasteiger charge is 2.28. The molecule has 2 nitrogen and oxygen atoms in total. The van der Waals surface area contributed by atoms with Gasteiger partial charge >= 0.3 is 0 Å². The van der Waals surface area contributed by atoms with Gasteiger partial charge in [-0.15, -0.1) is 0 Å². The van der Waals surface area contributed by atoms with E-state index in [2.05, 4.69) is 39.8 Å². The summed E-state index contributed by atoms with van der Waals surface area (Å²) in [7, 11) is 0. The lowest BCUT2D eigenvalue weighted by molar-refractivity contribution is -0.121. The van der Waals surface area contributed by atoms with Gasteiger partial charge in [-0.05, 0) is 47.3 Å². The highest BCUT2D eigenvalue weighted by Crippen LogP contribution is 2.40. The van der Waals surface area contributed by atoms with E-state index in [1.807, 2.05) is 6.07 Å². The van der Waals surface area contributed by atoms with Gasteiger partial charge in [0.05, 0.1) is 0 Å². The lowest BCUT2D eigenvalue weighted by Gasteiger charge is -2.29. The van der Waals surface area contributed by atoms with Gasteiger partial charge in [-0.3, -0.25) is 4.79 Å². The molecule has 0 spiro atoms. The molecule has 1 N–H and O–H groups in total. The summed E-state index contributed by atoms with van der Waals surface area (Å²) in [4.78, 5) is 11.9. The second-order valence-corrected chi connectivity index (χ2v) is 8.45. The smallest absolute Gasteiger partial charge is 0.133 e. The molecule has 1 aliphatic rings. The summed E-state index contributed by atoms with van der Waals surface area (Å²) in [6, 6.07) is 6.17. The van der Waals surface area contributed by atoms with Gasteiger partial charge < -0.3 is 5.11 Å². The molecule has 1 saturated carbocycles. The SMILES string of the molecule is CCCCCCC(C)(C)c1ccc([C@H]2CC(=O)C[C@@H](C)C2)c(O)c1. The zero-order chi connectivity index (χ0) is 17.7. The molecule has 2 heteroatoms. The van der Waals surface area contributed by atoms with Gasteiger partial charge in [0, 0.05) is 12.8 Å². The Bertz CT molecular complexity index is 559. The molecule has 0 aromatic heterocycles. The van der Waals surface area contributed by atoms with Gasteiger partial charge in [0.1, 0.15) is 11.5 Å². The van der Waals surface area contributed by atoms with E-state index in [-0.39, 0.29) is 11.3 Å². The quantitative estimate of drug-likeness (QED) is 0.612. The van der Waals surface area contributed by atoms with Gasteiger partial charge in [0.25, 0.3) is 0 Å². The van der Waals surface area contributed by atoms with Crippen molar-refractivity contribution in [1.29, 1.82) is 0 Å². The molecule has 0 amide bonds. The third kappa shape index (κ3) is 4.84. The number of unbranched alkanes of at least 4 members (excludes halogenated alkanes) is 3. The van der Waals surface area contributed by atoms with Gasteiger partial charge in [0.2, 0.25) is 0 Å². The highest BCUT2D eigenvalue weighted by atomic mass is 16.3. The van der Waals surface area contributed by atoms with E-state index in [1.165, 1.54) is 31.2 Å². The Balaban J connectivity index is 2.09. The second-order valence-electron chi connectivity index (χ2n) is 8.45.